The number of aromatic nitrogens is 2. The zero-order valence-corrected chi connectivity index (χ0v) is 11.4. The molecule has 1 aromatic heterocycles. The Morgan fingerprint density at radius 3 is 3.05 bits per heavy atom. The molecular weight excluding hydrogens is 276 g/mol. The number of nitro benzene ring substituents is 1. The van der Waals surface area contributed by atoms with Gasteiger partial charge < -0.3 is 15.2 Å². The topological polar surface area (TPSA) is 105 Å². The predicted octanol–water partition coefficient (Wildman–Crippen LogP) is 1.44. The Morgan fingerprint density at radius 2 is 2.33 bits per heavy atom. The average Bonchev–Trinajstić information content (AvgIpc) is 2.84. The molecule has 2 N–H and O–H groups in total. The summed E-state index contributed by atoms with van der Waals surface area (Å²) in [7, 11) is 1.46. The Labute approximate surface area is 120 Å². The van der Waals surface area contributed by atoms with E-state index >= 15 is 0 Å². The molecule has 3 rings (SSSR count). The molecule has 1 aliphatic rings. The van der Waals surface area contributed by atoms with Gasteiger partial charge in [-0.05, 0) is 12.1 Å². The summed E-state index contributed by atoms with van der Waals surface area (Å²) in [6.07, 6.45) is 0.614. The number of fused-ring (bicyclic) bond motifs is 1. The second-order valence-electron chi connectivity index (χ2n) is 4.64. The minimum absolute atomic E-state index is 0.0776. The van der Waals surface area contributed by atoms with Crippen LogP contribution in [0.1, 0.15) is 11.3 Å². The minimum Gasteiger partial charge on any atom is -0.496 e. The van der Waals surface area contributed by atoms with Crippen LogP contribution in [0, 0.1) is 10.1 Å². The van der Waals surface area contributed by atoms with Crippen LogP contribution in [0.4, 0.5) is 11.5 Å². The van der Waals surface area contributed by atoms with Crippen LogP contribution >= 0.6 is 0 Å². The molecule has 0 amide bonds. The normalized spacial score (nSPS) is 13.8. The summed E-state index contributed by atoms with van der Waals surface area (Å²) in [6, 6.07) is 4.64. The number of nitro groups is 1. The first-order chi connectivity index (χ1) is 10.1. The Bertz CT molecular complexity index is 710. The lowest BCUT2D eigenvalue weighted by atomic mass is 10.1. The maximum atomic E-state index is 11.3. The van der Waals surface area contributed by atoms with Crippen LogP contribution in [0.3, 0.4) is 0 Å². The second-order valence-corrected chi connectivity index (χ2v) is 4.64. The third-order valence-electron chi connectivity index (χ3n) is 3.46. The predicted molar refractivity (Wildman–Crippen MR) is 74.5 cm³/mol. The Morgan fingerprint density at radius 1 is 1.52 bits per heavy atom. The monoisotopic (exact) mass is 290 g/mol. The lowest BCUT2D eigenvalue weighted by molar-refractivity contribution is -0.384. The van der Waals surface area contributed by atoms with Crippen LogP contribution in [0.15, 0.2) is 18.2 Å². The minimum atomic E-state index is -0.457. The summed E-state index contributed by atoms with van der Waals surface area (Å²) < 4.78 is 11.9. The van der Waals surface area contributed by atoms with Crippen molar-refractivity contribution in [3.8, 4) is 11.4 Å². The van der Waals surface area contributed by atoms with Gasteiger partial charge in [-0.2, -0.15) is 0 Å². The summed E-state index contributed by atoms with van der Waals surface area (Å²) in [6.45, 7) is 0.924. The summed E-state index contributed by atoms with van der Waals surface area (Å²) >= 11 is 0. The van der Waals surface area contributed by atoms with Crippen molar-refractivity contribution in [1.29, 1.82) is 0 Å². The van der Waals surface area contributed by atoms with Gasteiger partial charge in [0.15, 0.2) is 5.82 Å². The number of rotatable bonds is 3. The van der Waals surface area contributed by atoms with Crippen LogP contribution in [0.25, 0.3) is 5.69 Å². The number of nitrogens with zero attached hydrogens (tertiary/aromatic N) is 3. The molecule has 2 aromatic rings. The van der Waals surface area contributed by atoms with Crippen LogP contribution < -0.4 is 10.5 Å². The fraction of sp³-hybridized carbons (Fsp3) is 0.308. The van der Waals surface area contributed by atoms with E-state index in [1.54, 1.807) is 12.1 Å². The summed E-state index contributed by atoms with van der Waals surface area (Å²) in [5.74, 6) is 0.762. The van der Waals surface area contributed by atoms with Crippen molar-refractivity contribution < 1.29 is 14.4 Å². The molecular formula is C13H14N4O4. The van der Waals surface area contributed by atoms with E-state index in [1.807, 2.05) is 0 Å². The molecule has 0 fully saturated rings. The number of benzene rings is 1. The number of anilines is 1. The number of nitrogen functional groups attached to an aromatic ring is 1. The first-order valence-corrected chi connectivity index (χ1v) is 6.38. The van der Waals surface area contributed by atoms with Crippen LogP contribution in [0.5, 0.6) is 5.75 Å². The van der Waals surface area contributed by atoms with E-state index in [-0.39, 0.29) is 5.69 Å². The highest BCUT2D eigenvalue weighted by Crippen LogP contribution is 2.32. The van der Waals surface area contributed by atoms with Crippen molar-refractivity contribution in [2.45, 2.75) is 13.0 Å². The van der Waals surface area contributed by atoms with Gasteiger partial charge in [-0.25, -0.2) is 4.68 Å². The second kappa shape index (κ2) is 5.06. The number of methoxy groups -OCH3 is 1. The highest BCUT2D eigenvalue weighted by Gasteiger charge is 2.25. The van der Waals surface area contributed by atoms with Crippen molar-refractivity contribution >= 4 is 11.5 Å². The van der Waals surface area contributed by atoms with Gasteiger partial charge in [-0.15, -0.1) is 5.10 Å². The molecule has 0 atom stereocenters. The summed E-state index contributed by atoms with van der Waals surface area (Å²) in [4.78, 5) is 10.8. The van der Waals surface area contributed by atoms with Crippen molar-refractivity contribution in [3.63, 3.8) is 0 Å². The zero-order valence-electron chi connectivity index (χ0n) is 11.4. The van der Waals surface area contributed by atoms with Gasteiger partial charge in [0.25, 0.3) is 5.69 Å². The van der Waals surface area contributed by atoms with E-state index in [1.165, 1.54) is 17.9 Å². The van der Waals surface area contributed by atoms with Crippen molar-refractivity contribution in [2.75, 3.05) is 19.5 Å². The van der Waals surface area contributed by atoms with Crippen molar-refractivity contribution in [3.05, 3.63) is 39.6 Å². The van der Waals surface area contributed by atoms with E-state index in [2.05, 4.69) is 5.10 Å². The Kier molecular flexibility index (Phi) is 3.22. The first-order valence-electron chi connectivity index (χ1n) is 6.38. The quantitative estimate of drug-likeness (QED) is 0.677. The van der Waals surface area contributed by atoms with E-state index in [0.717, 1.165) is 11.3 Å². The Hall–Kier alpha value is -2.61. The molecule has 1 aliphatic heterocycles. The molecule has 0 aliphatic carbocycles. The van der Waals surface area contributed by atoms with Gasteiger partial charge in [0.2, 0.25) is 0 Å². The fourth-order valence-corrected chi connectivity index (χ4v) is 2.42. The SMILES string of the molecule is COc1ccc(-n2nc(N)c3c2CCOC3)c([N+](=O)[O-])c1. The van der Waals surface area contributed by atoms with E-state index < -0.39 is 4.92 Å². The molecule has 8 heteroatoms. The van der Waals surface area contributed by atoms with Gasteiger partial charge in [-0.3, -0.25) is 10.1 Å². The highest BCUT2D eigenvalue weighted by atomic mass is 16.6. The van der Waals surface area contributed by atoms with Crippen LogP contribution in [-0.4, -0.2) is 28.4 Å². The lowest BCUT2D eigenvalue weighted by Gasteiger charge is -2.14. The van der Waals surface area contributed by atoms with Gasteiger partial charge in [0, 0.05) is 12.0 Å². The number of nitrogens with two attached hydrogens (primary N) is 1. The molecule has 0 saturated heterocycles. The van der Waals surface area contributed by atoms with Gasteiger partial charge >= 0.3 is 0 Å². The van der Waals surface area contributed by atoms with E-state index in [9.17, 15) is 10.1 Å². The number of hydrogen-bond donors (Lipinski definition) is 1. The lowest BCUT2D eigenvalue weighted by Crippen LogP contribution is -2.14. The number of ether oxygens (including phenoxy) is 2. The average molecular weight is 290 g/mol. The molecule has 8 nitrogen and oxygen atoms in total. The molecule has 0 bridgehead atoms. The summed E-state index contributed by atoms with van der Waals surface area (Å²) in [5.41, 5.74) is 7.82. The maximum Gasteiger partial charge on any atom is 0.298 e. The van der Waals surface area contributed by atoms with Gasteiger partial charge in [0.05, 0.1) is 37.0 Å². The van der Waals surface area contributed by atoms with Crippen LogP contribution in [-0.2, 0) is 17.8 Å². The van der Waals surface area contributed by atoms with E-state index in [4.69, 9.17) is 15.2 Å². The maximum absolute atomic E-state index is 11.3. The molecule has 0 radical (unpaired) electrons. The Balaban J connectivity index is 2.19. The van der Waals surface area contributed by atoms with Crippen molar-refractivity contribution in [2.24, 2.45) is 0 Å². The first kappa shape index (κ1) is 13.4. The standard InChI is InChI=1S/C13H14N4O4/c1-20-8-2-3-11(12(6-8)17(18)19)16-10-4-5-21-7-9(10)13(14)15-16/h2-3,6H,4-5,7H2,1H3,(H2,14,15). The third-order valence-corrected chi connectivity index (χ3v) is 3.46. The number of hydrogen-bond acceptors (Lipinski definition) is 6. The molecule has 0 saturated carbocycles. The largest absolute Gasteiger partial charge is 0.496 e. The van der Waals surface area contributed by atoms with Crippen LogP contribution in [0.2, 0.25) is 0 Å². The zero-order chi connectivity index (χ0) is 15.0. The summed E-state index contributed by atoms with van der Waals surface area (Å²) in [5, 5.41) is 15.5. The van der Waals surface area contributed by atoms with Gasteiger partial charge in [-0.1, -0.05) is 0 Å². The molecule has 1 aromatic carbocycles. The molecule has 110 valence electrons. The third kappa shape index (κ3) is 2.19. The highest BCUT2D eigenvalue weighted by molar-refractivity contribution is 5.58. The molecule has 2 heterocycles. The molecule has 21 heavy (non-hydrogen) atoms. The van der Waals surface area contributed by atoms with E-state index in [0.29, 0.717) is 36.9 Å². The smallest absolute Gasteiger partial charge is 0.298 e. The molecule has 0 unspecified atom stereocenters. The van der Waals surface area contributed by atoms with Gasteiger partial charge in [0.1, 0.15) is 11.4 Å². The van der Waals surface area contributed by atoms with Crippen molar-refractivity contribution in [1.82, 2.24) is 9.78 Å². The fourth-order valence-electron chi connectivity index (χ4n) is 2.42. The molecule has 0 spiro atoms.